The van der Waals surface area contributed by atoms with E-state index >= 15 is 0 Å². The van der Waals surface area contributed by atoms with Crippen molar-refractivity contribution in [3.63, 3.8) is 0 Å². The Kier molecular flexibility index (Phi) is 4.43. The van der Waals surface area contributed by atoms with E-state index in [0.29, 0.717) is 17.0 Å². The fourth-order valence-electron chi connectivity index (χ4n) is 2.07. The van der Waals surface area contributed by atoms with Crippen LogP contribution in [0.3, 0.4) is 0 Å². The zero-order valence-electron chi connectivity index (χ0n) is 11.9. The molecule has 2 N–H and O–H groups in total. The van der Waals surface area contributed by atoms with Gasteiger partial charge in [-0.2, -0.15) is 0 Å². The Bertz CT molecular complexity index is 596. The molecule has 2 aromatic carbocycles. The van der Waals surface area contributed by atoms with E-state index in [4.69, 9.17) is 4.74 Å². The van der Waals surface area contributed by atoms with Gasteiger partial charge >= 0.3 is 0 Å². The van der Waals surface area contributed by atoms with Crippen molar-refractivity contribution in [1.82, 2.24) is 0 Å². The van der Waals surface area contributed by atoms with Gasteiger partial charge in [-0.25, -0.2) is 8.78 Å². The molecule has 0 radical (unpaired) electrons. The van der Waals surface area contributed by atoms with Crippen LogP contribution in [0.4, 0.5) is 14.5 Å². The van der Waals surface area contributed by atoms with Crippen molar-refractivity contribution in [3.05, 3.63) is 59.7 Å². The summed E-state index contributed by atoms with van der Waals surface area (Å²) in [5, 5.41) is 12.7. The normalized spacial score (nSPS) is 13.6. The minimum Gasteiger partial charge on any atom is -0.497 e. The first kappa shape index (κ1) is 15.3. The smallest absolute Gasteiger partial charge is 0.126 e. The van der Waals surface area contributed by atoms with Crippen LogP contribution in [0.5, 0.6) is 5.75 Å². The number of halogens is 2. The largest absolute Gasteiger partial charge is 0.497 e. The number of benzene rings is 2. The number of methoxy groups -OCH3 is 1. The van der Waals surface area contributed by atoms with Crippen LogP contribution < -0.4 is 10.1 Å². The van der Waals surface area contributed by atoms with Gasteiger partial charge in [-0.1, -0.05) is 0 Å². The number of anilines is 1. The molecule has 2 rings (SSSR count). The molecule has 1 unspecified atom stereocenters. The topological polar surface area (TPSA) is 41.5 Å². The van der Waals surface area contributed by atoms with Crippen LogP contribution in [0.15, 0.2) is 42.5 Å². The number of aliphatic hydroxyl groups is 1. The predicted molar refractivity (Wildman–Crippen MR) is 77.4 cm³/mol. The molecule has 21 heavy (non-hydrogen) atoms. The standard InChI is InChI=1S/C16H17F2NO2/c1-16(10-20,11-7-12(17)9-13(18)8-11)19-14-3-5-15(21-2)6-4-14/h3-9,19-20H,10H2,1-2H3. The van der Waals surface area contributed by atoms with Crippen molar-refractivity contribution in [2.24, 2.45) is 0 Å². The number of ether oxygens (including phenoxy) is 1. The molecule has 0 aromatic heterocycles. The molecule has 0 spiro atoms. The average molecular weight is 293 g/mol. The van der Waals surface area contributed by atoms with Gasteiger partial charge in [0.1, 0.15) is 17.4 Å². The monoisotopic (exact) mass is 293 g/mol. The lowest BCUT2D eigenvalue weighted by Crippen LogP contribution is -2.36. The quantitative estimate of drug-likeness (QED) is 0.889. The summed E-state index contributed by atoms with van der Waals surface area (Å²) in [6, 6.07) is 10.3. The molecule has 0 saturated carbocycles. The van der Waals surface area contributed by atoms with Crippen LogP contribution in [0.1, 0.15) is 12.5 Å². The Morgan fingerprint density at radius 1 is 1.10 bits per heavy atom. The van der Waals surface area contributed by atoms with Crippen molar-refractivity contribution in [2.45, 2.75) is 12.5 Å². The maximum atomic E-state index is 13.4. The van der Waals surface area contributed by atoms with Gasteiger partial charge in [-0.05, 0) is 48.9 Å². The molecule has 0 saturated heterocycles. The van der Waals surface area contributed by atoms with Gasteiger partial charge in [0.25, 0.3) is 0 Å². The summed E-state index contributed by atoms with van der Waals surface area (Å²) in [4.78, 5) is 0. The minimum atomic E-state index is -1.00. The van der Waals surface area contributed by atoms with Gasteiger partial charge in [-0.3, -0.25) is 0 Å². The Labute approximate surface area is 122 Å². The van der Waals surface area contributed by atoms with Crippen molar-refractivity contribution >= 4 is 5.69 Å². The first-order chi connectivity index (χ1) is 9.96. The van der Waals surface area contributed by atoms with E-state index < -0.39 is 17.2 Å². The Morgan fingerprint density at radius 3 is 2.14 bits per heavy atom. The zero-order valence-corrected chi connectivity index (χ0v) is 11.9. The van der Waals surface area contributed by atoms with Crippen LogP contribution in [0.25, 0.3) is 0 Å². The molecule has 0 heterocycles. The van der Waals surface area contributed by atoms with Crippen LogP contribution >= 0.6 is 0 Å². The fraction of sp³-hybridized carbons (Fsp3) is 0.250. The van der Waals surface area contributed by atoms with Gasteiger partial charge in [0.05, 0.1) is 19.3 Å². The average Bonchev–Trinajstić information content (AvgIpc) is 2.47. The number of rotatable bonds is 5. The van der Waals surface area contributed by atoms with Crippen LogP contribution in [-0.4, -0.2) is 18.8 Å². The maximum Gasteiger partial charge on any atom is 0.126 e. The summed E-state index contributed by atoms with van der Waals surface area (Å²) in [5.74, 6) is -0.662. The predicted octanol–water partition coefficient (Wildman–Crippen LogP) is 3.29. The molecule has 3 nitrogen and oxygen atoms in total. The number of aliphatic hydroxyl groups excluding tert-OH is 1. The molecule has 0 bridgehead atoms. The first-order valence-corrected chi connectivity index (χ1v) is 6.46. The summed E-state index contributed by atoms with van der Waals surface area (Å²) in [7, 11) is 1.57. The second-order valence-corrected chi connectivity index (χ2v) is 5.00. The second kappa shape index (κ2) is 6.10. The van der Waals surface area contributed by atoms with Gasteiger partial charge in [0, 0.05) is 11.8 Å². The lowest BCUT2D eigenvalue weighted by atomic mass is 9.92. The third-order valence-corrected chi connectivity index (χ3v) is 3.33. The molecule has 1 atom stereocenters. The summed E-state index contributed by atoms with van der Waals surface area (Å²) in [6.07, 6.45) is 0. The van der Waals surface area contributed by atoms with E-state index in [-0.39, 0.29) is 6.61 Å². The summed E-state index contributed by atoms with van der Waals surface area (Å²) in [5.41, 5.74) is 0.0349. The summed E-state index contributed by atoms with van der Waals surface area (Å²) < 4.78 is 31.8. The van der Waals surface area contributed by atoms with E-state index in [1.54, 1.807) is 38.3 Å². The van der Waals surface area contributed by atoms with Crippen molar-refractivity contribution in [1.29, 1.82) is 0 Å². The lowest BCUT2D eigenvalue weighted by Gasteiger charge is -2.30. The van der Waals surface area contributed by atoms with Gasteiger partial charge < -0.3 is 15.2 Å². The zero-order chi connectivity index (χ0) is 15.5. The van der Waals surface area contributed by atoms with Crippen LogP contribution in [0, 0.1) is 11.6 Å². The third-order valence-electron chi connectivity index (χ3n) is 3.33. The highest BCUT2D eigenvalue weighted by Crippen LogP contribution is 2.28. The highest BCUT2D eigenvalue weighted by molar-refractivity contribution is 5.50. The third kappa shape index (κ3) is 3.49. The molecule has 0 fully saturated rings. The fourth-order valence-corrected chi connectivity index (χ4v) is 2.07. The molecule has 0 aliphatic heterocycles. The Morgan fingerprint density at radius 2 is 1.67 bits per heavy atom. The van der Waals surface area contributed by atoms with Gasteiger partial charge in [0.2, 0.25) is 0 Å². The van der Waals surface area contributed by atoms with E-state index in [9.17, 15) is 13.9 Å². The van der Waals surface area contributed by atoms with Crippen LogP contribution in [-0.2, 0) is 5.54 Å². The van der Waals surface area contributed by atoms with Crippen LogP contribution in [0.2, 0.25) is 0 Å². The summed E-state index contributed by atoms with van der Waals surface area (Å²) >= 11 is 0. The molecule has 0 aliphatic rings. The second-order valence-electron chi connectivity index (χ2n) is 5.00. The highest BCUT2D eigenvalue weighted by atomic mass is 19.1. The highest BCUT2D eigenvalue weighted by Gasteiger charge is 2.27. The minimum absolute atomic E-state index is 0.318. The van der Waals surface area contributed by atoms with Crippen molar-refractivity contribution < 1.29 is 18.6 Å². The number of nitrogens with one attached hydrogen (secondary N) is 1. The van der Waals surface area contributed by atoms with E-state index in [1.807, 2.05) is 0 Å². The first-order valence-electron chi connectivity index (χ1n) is 6.46. The van der Waals surface area contributed by atoms with E-state index in [1.165, 1.54) is 12.1 Å². The molecule has 0 aliphatic carbocycles. The van der Waals surface area contributed by atoms with E-state index in [2.05, 4.69) is 5.32 Å². The molecular weight excluding hydrogens is 276 g/mol. The van der Waals surface area contributed by atoms with Crippen molar-refractivity contribution in [3.8, 4) is 5.75 Å². The Hall–Kier alpha value is -2.14. The molecule has 112 valence electrons. The molecular formula is C16H17F2NO2. The van der Waals surface area contributed by atoms with Crippen molar-refractivity contribution in [2.75, 3.05) is 19.0 Å². The Balaban J connectivity index is 2.31. The SMILES string of the molecule is COc1ccc(NC(C)(CO)c2cc(F)cc(F)c2)cc1. The molecule has 2 aromatic rings. The maximum absolute atomic E-state index is 13.4. The summed E-state index contributed by atoms with van der Waals surface area (Å²) in [6.45, 7) is 1.35. The van der Waals surface area contributed by atoms with E-state index in [0.717, 1.165) is 6.07 Å². The molecule has 0 amide bonds. The van der Waals surface area contributed by atoms with Gasteiger partial charge in [-0.15, -0.1) is 0 Å². The lowest BCUT2D eigenvalue weighted by molar-refractivity contribution is 0.223. The molecule has 5 heteroatoms. The van der Waals surface area contributed by atoms with Gasteiger partial charge in [0.15, 0.2) is 0 Å². The number of hydrogen-bond donors (Lipinski definition) is 2. The number of hydrogen-bond acceptors (Lipinski definition) is 3.